The van der Waals surface area contributed by atoms with Crippen molar-refractivity contribution in [3.05, 3.63) is 546 Å². The molecule has 6 nitrogen and oxygen atoms in total. The first-order chi connectivity index (χ1) is 63.9. The van der Waals surface area contributed by atoms with E-state index in [1.165, 1.54) is 181 Å². The first-order valence-corrected chi connectivity index (χ1v) is 45.0. The van der Waals surface area contributed by atoms with Crippen molar-refractivity contribution in [3.63, 3.8) is 0 Å². The summed E-state index contributed by atoms with van der Waals surface area (Å²) in [5.74, 6) is 0. The molecule has 0 aliphatic carbocycles. The second kappa shape index (κ2) is 31.7. The van der Waals surface area contributed by atoms with Gasteiger partial charge in [-0.25, -0.2) is 0 Å². The molecule has 0 unspecified atom stereocenters. The molecule has 0 amide bonds. The molecule has 0 atom stereocenters. The lowest BCUT2D eigenvalue weighted by Gasteiger charge is -2.37. The van der Waals surface area contributed by atoms with Crippen molar-refractivity contribution in [2.75, 3.05) is 0 Å². The molecule has 0 radical (unpaired) electrons. The maximum absolute atomic E-state index is 3.67. The van der Waals surface area contributed by atoms with Gasteiger partial charge in [0.25, 0.3) is 0 Å². The Morgan fingerprint density at radius 1 is 0.147 bits per heavy atom. The van der Waals surface area contributed by atoms with Crippen LogP contribution < -0.4 is 0 Å². The molecule has 26 aromatic rings. The van der Waals surface area contributed by atoms with E-state index in [0.29, 0.717) is 0 Å². The number of nitrogens with one attached hydrogen (secondary N) is 1. The molecule has 608 valence electrons. The monoisotopic (exact) mass is 1710 g/mol. The van der Waals surface area contributed by atoms with Crippen LogP contribution in [0.1, 0.15) is 44.5 Å². The summed E-state index contributed by atoms with van der Waals surface area (Å²) in [6, 6.07) is 181. The van der Waals surface area contributed by atoms with Gasteiger partial charge in [-0.2, -0.15) is 0 Å². The normalized spacial score (nSPS) is 11.9. The summed E-state index contributed by atoms with van der Waals surface area (Å²) in [6.45, 7) is 0. The van der Waals surface area contributed by atoms with E-state index in [1.54, 1.807) is 0 Å². The zero-order valence-electron chi connectivity index (χ0n) is 70.5. The molecule has 1 N–H and O–H groups in total. The van der Waals surface area contributed by atoms with Gasteiger partial charge in [0, 0.05) is 109 Å². The Labute approximate surface area is 754 Å². The molecule has 0 fully saturated rings. The zero-order chi connectivity index (χ0) is 85.5. The maximum atomic E-state index is 3.67. The molecule has 0 spiro atoms. The van der Waals surface area contributed by atoms with Crippen molar-refractivity contribution < 1.29 is 0 Å². The smallest absolute Gasteiger partial charge is 0.0701 e. The van der Waals surface area contributed by atoms with Crippen LogP contribution in [-0.2, 0) is 10.8 Å². The number of nitrogens with zero attached hydrogens (tertiary/aromatic N) is 5. The van der Waals surface area contributed by atoms with Crippen molar-refractivity contribution >= 4 is 147 Å². The van der Waals surface area contributed by atoms with Gasteiger partial charge in [0.05, 0.1) is 66.0 Å². The number of hydrogen-bond acceptors (Lipinski definition) is 0. The standard InChI is InChI=1S/C61H41N3.C37H26BrN.C24H16N2/c1-4-18-42(19-5-1)61(43-20-6-2-7-21-43,44-22-8-3-9-23-44)45-32-34-46(35-33-45)62-57-30-16-12-26-51(57)53-41-48(36-38-59(53)62)64-58-31-17-13-27-52(58)54-40-47(37-39-60(54)64)63-55-28-14-10-24-49(55)50-25-11-15-29-56(50)63;38-31-22-25-36-34(26-31)33-18-10-11-19-35(33)39(36)32-23-20-30(21-24-32)37(27-12-4-1-5-13-27,28-14-6-2-7-15-28)29-16-8-3-9-17-29;1-4-10-21-17(7-1)20-15-16(13-14-22(20)25-21)26-23-11-5-2-8-18(23)19-9-3-6-12-24(19)26/h1-41H;1-26H;1-15,25H. The van der Waals surface area contributed by atoms with Crippen LogP contribution in [0.3, 0.4) is 0 Å². The summed E-state index contributed by atoms with van der Waals surface area (Å²) >= 11 is 3.67. The Kier molecular flexibility index (Phi) is 18.8. The van der Waals surface area contributed by atoms with Crippen LogP contribution in [0.5, 0.6) is 0 Å². The second-order valence-electron chi connectivity index (χ2n) is 33.6. The van der Waals surface area contributed by atoms with E-state index in [4.69, 9.17) is 0 Å². The van der Waals surface area contributed by atoms with Gasteiger partial charge < -0.3 is 27.8 Å². The lowest BCUT2D eigenvalue weighted by atomic mass is 9.65. The van der Waals surface area contributed by atoms with Crippen LogP contribution in [0.25, 0.3) is 159 Å². The molecule has 7 heteroatoms. The number of fused-ring (bicyclic) bond motifs is 18. The number of H-pyrrole nitrogens is 1. The fourth-order valence-corrected chi connectivity index (χ4v) is 21.6. The SMILES string of the molecule is Brc1ccc2c(c1)c1ccccc1n2-c1ccc(C(c2ccccc2)(c2ccccc2)c2ccccc2)cc1.c1ccc(C(c2ccccc2)(c2ccccc2)c2ccc(-n3c4ccccc4c4cc(-n5c6ccccc6c6cc(-n7c8ccccc8c8ccccc87)ccc65)ccc43)cc2)cc1.c1ccc2c(c1)[nH]c1ccc(-n3c4ccccc4c4ccccc43)cc12. The predicted octanol–water partition coefficient (Wildman–Crippen LogP) is 31.7. The number of benzene rings is 20. The average Bonchev–Trinajstić information content (AvgIpc) is 1.51. The zero-order valence-corrected chi connectivity index (χ0v) is 72.0. The Morgan fingerprint density at radius 3 is 0.659 bits per heavy atom. The fraction of sp³-hybridized carbons (Fsp3) is 0.0164. The topological polar surface area (TPSA) is 40.4 Å². The lowest BCUT2D eigenvalue weighted by Crippen LogP contribution is -2.30. The van der Waals surface area contributed by atoms with Crippen LogP contribution in [-0.4, -0.2) is 27.8 Å². The molecule has 0 saturated heterocycles. The van der Waals surface area contributed by atoms with Gasteiger partial charge in [0.2, 0.25) is 0 Å². The van der Waals surface area contributed by atoms with Crippen LogP contribution >= 0.6 is 15.9 Å². The number of aromatic amines is 1. The highest BCUT2D eigenvalue weighted by Crippen LogP contribution is 2.50. The number of rotatable bonds is 13. The number of para-hydroxylation sites is 8. The number of aromatic nitrogens is 6. The third-order valence-electron chi connectivity index (χ3n) is 26.7. The van der Waals surface area contributed by atoms with Crippen molar-refractivity contribution in [1.82, 2.24) is 27.8 Å². The van der Waals surface area contributed by atoms with Crippen LogP contribution in [0, 0.1) is 0 Å². The van der Waals surface area contributed by atoms with Gasteiger partial charge in [-0.15, -0.1) is 0 Å². The predicted molar refractivity (Wildman–Crippen MR) is 545 cm³/mol. The largest absolute Gasteiger partial charge is 0.355 e. The molecule has 0 saturated carbocycles. The van der Waals surface area contributed by atoms with E-state index in [1.807, 2.05) is 0 Å². The van der Waals surface area contributed by atoms with Crippen molar-refractivity contribution in [2.24, 2.45) is 0 Å². The minimum Gasteiger partial charge on any atom is -0.355 e. The summed E-state index contributed by atoms with van der Waals surface area (Å²) in [7, 11) is 0. The first-order valence-electron chi connectivity index (χ1n) is 44.2. The molecule has 26 rings (SSSR count). The molecule has 129 heavy (non-hydrogen) atoms. The quantitative estimate of drug-likeness (QED) is 0.112. The van der Waals surface area contributed by atoms with Crippen molar-refractivity contribution in [1.29, 1.82) is 0 Å². The Bertz CT molecular complexity index is 8420. The van der Waals surface area contributed by atoms with E-state index in [0.717, 1.165) is 27.2 Å². The molecular weight excluding hydrogens is 1630 g/mol. The van der Waals surface area contributed by atoms with Crippen molar-refractivity contribution in [2.45, 2.75) is 10.8 Å². The number of hydrogen-bond donors (Lipinski definition) is 1. The van der Waals surface area contributed by atoms with Gasteiger partial charge in [0.15, 0.2) is 0 Å². The first kappa shape index (κ1) is 76.3. The van der Waals surface area contributed by atoms with E-state index >= 15 is 0 Å². The van der Waals surface area contributed by atoms with E-state index in [2.05, 4.69) is 541 Å². The third-order valence-corrected chi connectivity index (χ3v) is 27.2. The summed E-state index contributed by atoms with van der Waals surface area (Å²) in [5, 5.41) is 15.1. The van der Waals surface area contributed by atoms with E-state index < -0.39 is 10.8 Å². The summed E-state index contributed by atoms with van der Waals surface area (Å²) < 4.78 is 13.1. The Hall–Kier alpha value is -16.3. The minimum atomic E-state index is -0.509. The molecule has 0 aliphatic rings. The fourth-order valence-electron chi connectivity index (χ4n) is 21.2. The molecule has 0 bridgehead atoms. The highest BCUT2D eigenvalue weighted by molar-refractivity contribution is 9.10. The molecule has 20 aromatic carbocycles. The van der Waals surface area contributed by atoms with E-state index in [-0.39, 0.29) is 0 Å². The van der Waals surface area contributed by atoms with Gasteiger partial charge in [-0.1, -0.05) is 368 Å². The number of halogens is 1. The van der Waals surface area contributed by atoms with Gasteiger partial charge in [0.1, 0.15) is 0 Å². The highest BCUT2D eigenvalue weighted by Gasteiger charge is 2.40. The van der Waals surface area contributed by atoms with Gasteiger partial charge >= 0.3 is 0 Å². The lowest BCUT2D eigenvalue weighted by molar-refractivity contribution is 0.745. The third kappa shape index (κ3) is 12.5. The molecule has 0 aliphatic heterocycles. The molecular formula is C122H83BrN6. The van der Waals surface area contributed by atoms with Crippen LogP contribution in [0.15, 0.2) is 502 Å². The van der Waals surface area contributed by atoms with E-state index in [9.17, 15) is 0 Å². The second-order valence-corrected chi connectivity index (χ2v) is 34.5. The average molecular weight is 1710 g/mol. The Morgan fingerprint density at radius 2 is 0.349 bits per heavy atom. The summed E-state index contributed by atoms with van der Waals surface area (Å²) in [5.41, 5.74) is 29.1. The molecule has 6 heterocycles. The Balaban J connectivity index is 0.000000120. The van der Waals surface area contributed by atoms with Crippen molar-refractivity contribution in [3.8, 4) is 28.4 Å². The van der Waals surface area contributed by atoms with Crippen LogP contribution in [0.4, 0.5) is 0 Å². The summed E-state index contributed by atoms with van der Waals surface area (Å²) in [6.07, 6.45) is 0. The van der Waals surface area contributed by atoms with Crippen LogP contribution in [0.2, 0.25) is 0 Å². The highest BCUT2D eigenvalue weighted by atomic mass is 79.9. The van der Waals surface area contributed by atoms with Gasteiger partial charge in [-0.05, 0) is 190 Å². The minimum absolute atomic E-state index is 0.450. The van der Waals surface area contributed by atoms with Gasteiger partial charge in [-0.3, -0.25) is 0 Å². The summed E-state index contributed by atoms with van der Waals surface area (Å²) in [4.78, 5) is 3.52. The molecule has 6 aromatic heterocycles. The maximum Gasteiger partial charge on any atom is 0.0701 e.